The van der Waals surface area contributed by atoms with Crippen LogP contribution in [0, 0.1) is 34.6 Å². The van der Waals surface area contributed by atoms with Crippen molar-refractivity contribution in [1.29, 1.82) is 5.26 Å². The van der Waals surface area contributed by atoms with Gasteiger partial charge in [0.1, 0.15) is 17.4 Å². The number of nitriles is 1. The van der Waals surface area contributed by atoms with Crippen LogP contribution < -0.4 is 4.74 Å². The van der Waals surface area contributed by atoms with Crippen LogP contribution in [0.15, 0.2) is 103 Å². The Labute approximate surface area is 242 Å². The number of ether oxygens (including phenoxy) is 1. The molecule has 0 saturated carbocycles. The molecule has 0 N–H and O–H groups in total. The highest BCUT2D eigenvalue weighted by Gasteiger charge is 2.11. The SMILES string of the molecule is N#Cc1ccc(-c2ccc(-c3ccc(OCCCCCc4ccc(-c5ccc(F)c(F)c5)c(F)c4)cc3)cc2F)cc1. The van der Waals surface area contributed by atoms with Crippen molar-refractivity contribution in [1.82, 2.24) is 0 Å². The van der Waals surface area contributed by atoms with Crippen molar-refractivity contribution in [2.24, 2.45) is 0 Å². The predicted molar refractivity (Wildman–Crippen MR) is 157 cm³/mol. The number of hydrogen-bond acceptors (Lipinski definition) is 2. The molecule has 2 nitrogen and oxygen atoms in total. The lowest BCUT2D eigenvalue weighted by Gasteiger charge is -2.10. The van der Waals surface area contributed by atoms with Crippen LogP contribution in [0.3, 0.4) is 0 Å². The van der Waals surface area contributed by atoms with Gasteiger partial charge in [0, 0.05) is 11.1 Å². The van der Waals surface area contributed by atoms with E-state index in [1.54, 1.807) is 36.4 Å². The smallest absolute Gasteiger partial charge is 0.159 e. The molecular formula is C36H27F4NO. The zero-order valence-electron chi connectivity index (χ0n) is 22.7. The Morgan fingerprint density at radius 2 is 1.14 bits per heavy atom. The molecule has 5 aromatic rings. The average Bonchev–Trinajstić information content (AvgIpc) is 3.01. The number of halogens is 4. The topological polar surface area (TPSA) is 33.0 Å². The lowest BCUT2D eigenvalue weighted by molar-refractivity contribution is 0.305. The Morgan fingerprint density at radius 3 is 1.83 bits per heavy atom. The van der Waals surface area contributed by atoms with Crippen molar-refractivity contribution in [3.05, 3.63) is 138 Å². The minimum atomic E-state index is -1.00. The third-order valence-corrected chi connectivity index (χ3v) is 7.12. The molecule has 0 aliphatic carbocycles. The third-order valence-electron chi connectivity index (χ3n) is 7.12. The van der Waals surface area contributed by atoms with Crippen molar-refractivity contribution >= 4 is 0 Å². The van der Waals surface area contributed by atoms with Gasteiger partial charge in [-0.2, -0.15) is 5.26 Å². The summed E-state index contributed by atoms with van der Waals surface area (Å²) in [5.74, 6) is -2.04. The van der Waals surface area contributed by atoms with Gasteiger partial charge >= 0.3 is 0 Å². The molecule has 0 atom stereocenters. The summed E-state index contributed by atoms with van der Waals surface area (Å²) in [4.78, 5) is 0. The van der Waals surface area contributed by atoms with Gasteiger partial charge < -0.3 is 4.74 Å². The largest absolute Gasteiger partial charge is 0.494 e. The molecule has 0 amide bonds. The van der Waals surface area contributed by atoms with Crippen molar-refractivity contribution in [3.8, 4) is 45.2 Å². The molecule has 0 aromatic heterocycles. The van der Waals surface area contributed by atoms with Gasteiger partial charge in [-0.1, -0.05) is 54.6 Å². The molecule has 0 heterocycles. The van der Waals surface area contributed by atoms with E-state index in [2.05, 4.69) is 6.07 Å². The van der Waals surface area contributed by atoms with Crippen LogP contribution in [-0.2, 0) is 6.42 Å². The first kappa shape index (κ1) is 28.6. The summed E-state index contributed by atoms with van der Waals surface area (Å²) in [6.45, 7) is 0.538. The van der Waals surface area contributed by atoms with Crippen LogP contribution in [0.1, 0.15) is 30.4 Å². The first-order valence-electron chi connectivity index (χ1n) is 13.7. The lowest BCUT2D eigenvalue weighted by atomic mass is 9.99. The van der Waals surface area contributed by atoms with Crippen molar-refractivity contribution in [2.45, 2.75) is 25.7 Å². The molecule has 5 aromatic carbocycles. The van der Waals surface area contributed by atoms with E-state index in [-0.39, 0.29) is 11.4 Å². The minimum Gasteiger partial charge on any atom is -0.494 e. The molecule has 210 valence electrons. The van der Waals surface area contributed by atoms with E-state index in [0.29, 0.717) is 35.3 Å². The third kappa shape index (κ3) is 6.87. The highest BCUT2D eigenvalue weighted by molar-refractivity contribution is 5.71. The lowest BCUT2D eigenvalue weighted by Crippen LogP contribution is -1.98. The summed E-state index contributed by atoms with van der Waals surface area (Å²) < 4.78 is 62.0. The molecule has 42 heavy (non-hydrogen) atoms. The Bertz CT molecular complexity index is 1720. The minimum absolute atomic E-state index is 0.238. The number of rotatable bonds is 10. The first-order valence-corrected chi connectivity index (χ1v) is 13.7. The Kier molecular flexibility index (Phi) is 8.99. The highest BCUT2D eigenvalue weighted by atomic mass is 19.2. The quantitative estimate of drug-likeness (QED) is 0.125. The van der Waals surface area contributed by atoms with Crippen molar-refractivity contribution < 1.29 is 22.3 Å². The molecule has 0 unspecified atom stereocenters. The fraction of sp³-hybridized carbons (Fsp3) is 0.139. The monoisotopic (exact) mass is 565 g/mol. The van der Waals surface area contributed by atoms with Gasteiger partial charge in [0.05, 0.1) is 18.2 Å². The number of benzene rings is 5. The second-order valence-electron chi connectivity index (χ2n) is 10.0. The second-order valence-corrected chi connectivity index (χ2v) is 10.0. The van der Waals surface area contributed by atoms with Crippen LogP contribution in [0.4, 0.5) is 17.6 Å². The van der Waals surface area contributed by atoms with E-state index in [1.165, 1.54) is 18.2 Å². The van der Waals surface area contributed by atoms with Gasteiger partial charge in [-0.25, -0.2) is 17.6 Å². The molecule has 0 aliphatic rings. The summed E-state index contributed by atoms with van der Waals surface area (Å²) in [6.07, 6.45) is 3.29. The zero-order valence-corrected chi connectivity index (χ0v) is 22.7. The van der Waals surface area contributed by atoms with Crippen molar-refractivity contribution in [3.63, 3.8) is 0 Å². The second kappa shape index (κ2) is 13.2. The summed E-state index contributed by atoms with van der Waals surface area (Å²) in [5, 5.41) is 8.95. The van der Waals surface area contributed by atoms with E-state index >= 15 is 0 Å². The van der Waals surface area contributed by atoms with Crippen LogP contribution in [-0.4, -0.2) is 6.61 Å². The fourth-order valence-corrected chi connectivity index (χ4v) is 4.81. The number of nitrogens with zero attached hydrogens (tertiary/aromatic N) is 1. The standard InChI is InChI=1S/C36H27F4NO/c37-33-18-13-29(22-36(33)40)32-16-7-24(20-34(32)38)4-2-1-3-19-42-30-14-10-26(11-15-30)28-12-17-31(35(39)21-28)27-8-5-25(23-41)6-9-27/h5-18,20-22H,1-4,19H2. The van der Waals surface area contributed by atoms with Crippen LogP contribution in [0.25, 0.3) is 33.4 Å². The molecule has 0 spiro atoms. The molecule has 0 aliphatic heterocycles. The van der Waals surface area contributed by atoms with Crippen LogP contribution in [0.5, 0.6) is 5.75 Å². The van der Waals surface area contributed by atoms with Gasteiger partial charge in [0.15, 0.2) is 11.6 Å². The Morgan fingerprint density at radius 1 is 0.524 bits per heavy atom. The van der Waals surface area contributed by atoms with E-state index in [9.17, 15) is 17.6 Å². The number of hydrogen-bond donors (Lipinski definition) is 0. The van der Waals surface area contributed by atoms with Crippen LogP contribution >= 0.6 is 0 Å². The highest BCUT2D eigenvalue weighted by Crippen LogP contribution is 2.30. The molecule has 5 rings (SSSR count). The summed E-state index contributed by atoms with van der Waals surface area (Å²) in [7, 11) is 0. The maximum Gasteiger partial charge on any atom is 0.159 e. The van der Waals surface area contributed by atoms with E-state index < -0.39 is 17.5 Å². The Balaban J connectivity index is 1.07. The molecule has 6 heteroatoms. The average molecular weight is 566 g/mol. The molecule has 0 bridgehead atoms. The number of aryl methyl sites for hydroxylation is 1. The maximum absolute atomic E-state index is 14.9. The number of unbranched alkanes of at least 4 members (excludes halogenated alkanes) is 2. The maximum atomic E-state index is 14.9. The van der Waals surface area contributed by atoms with Gasteiger partial charge in [0.2, 0.25) is 0 Å². The summed E-state index contributed by atoms with van der Waals surface area (Å²) in [5.41, 5.74) is 4.73. The van der Waals surface area contributed by atoms with Crippen molar-refractivity contribution in [2.75, 3.05) is 6.61 Å². The van der Waals surface area contributed by atoms with Gasteiger partial charge in [-0.3, -0.25) is 0 Å². The van der Waals surface area contributed by atoms with Crippen LogP contribution in [0.2, 0.25) is 0 Å². The summed E-state index contributed by atoms with van der Waals surface area (Å²) in [6, 6.07) is 29.7. The molecule has 0 saturated heterocycles. The molecular weight excluding hydrogens is 538 g/mol. The van der Waals surface area contributed by atoms with Gasteiger partial charge in [-0.05, 0) is 102 Å². The zero-order chi connectivity index (χ0) is 29.5. The Hall–Kier alpha value is -4.89. The summed E-state index contributed by atoms with van der Waals surface area (Å²) >= 11 is 0. The fourth-order valence-electron chi connectivity index (χ4n) is 4.81. The van der Waals surface area contributed by atoms with E-state index in [0.717, 1.165) is 53.8 Å². The normalized spacial score (nSPS) is 10.8. The van der Waals surface area contributed by atoms with E-state index in [4.69, 9.17) is 10.00 Å². The van der Waals surface area contributed by atoms with Gasteiger partial charge in [0.25, 0.3) is 0 Å². The molecule has 0 fully saturated rings. The predicted octanol–water partition coefficient (Wildman–Crippen LogP) is 9.91. The van der Waals surface area contributed by atoms with E-state index in [1.807, 2.05) is 36.4 Å². The first-order chi connectivity index (χ1) is 20.4. The molecule has 0 radical (unpaired) electrons. The van der Waals surface area contributed by atoms with Gasteiger partial charge in [-0.15, -0.1) is 0 Å².